The van der Waals surface area contributed by atoms with Crippen LogP contribution in [-0.2, 0) is 10.0 Å². The van der Waals surface area contributed by atoms with Gasteiger partial charge in [-0.15, -0.1) is 12.4 Å². The molecule has 2 unspecified atom stereocenters. The zero-order valence-corrected chi connectivity index (χ0v) is 12.9. The van der Waals surface area contributed by atoms with Crippen molar-refractivity contribution in [1.29, 1.82) is 0 Å². The van der Waals surface area contributed by atoms with E-state index in [-0.39, 0.29) is 37.5 Å². The van der Waals surface area contributed by atoms with E-state index in [1.807, 2.05) is 0 Å². The summed E-state index contributed by atoms with van der Waals surface area (Å²) >= 11 is 0. The van der Waals surface area contributed by atoms with E-state index >= 15 is 0 Å². The number of halogens is 4. The van der Waals surface area contributed by atoms with Gasteiger partial charge in [0.15, 0.2) is 4.90 Å². The molecule has 21 heavy (non-hydrogen) atoms. The van der Waals surface area contributed by atoms with Crippen LogP contribution >= 0.6 is 12.4 Å². The molecule has 0 spiro atoms. The molecule has 1 fully saturated rings. The first-order valence-electron chi connectivity index (χ1n) is 6.13. The minimum atomic E-state index is -4.34. The van der Waals surface area contributed by atoms with E-state index in [1.165, 1.54) is 0 Å². The molecule has 0 aliphatic carbocycles. The van der Waals surface area contributed by atoms with Crippen LogP contribution in [0.2, 0.25) is 0 Å². The van der Waals surface area contributed by atoms with Gasteiger partial charge in [0.2, 0.25) is 10.0 Å². The quantitative estimate of drug-likeness (QED) is 0.891. The van der Waals surface area contributed by atoms with Crippen LogP contribution in [0.3, 0.4) is 0 Å². The zero-order valence-electron chi connectivity index (χ0n) is 11.2. The number of rotatable bonds is 2. The standard InChI is InChI=1S/C12H15F3N2O2S.ClH/c1-7-6-17(3-2-11(7)16)20(18,19)12-9(14)4-8(13)5-10(12)15;/h4-5,7,11H,2-3,6,16H2,1H3;1H. The Hall–Kier alpha value is -0.830. The summed E-state index contributed by atoms with van der Waals surface area (Å²) < 4.78 is 65.6. The molecule has 120 valence electrons. The summed E-state index contributed by atoms with van der Waals surface area (Å²) in [5, 5.41) is 0. The first-order valence-corrected chi connectivity index (χ1v) is 7.57. The van der Waals surface area contributed by atoms with Crippen molar-refractivity contribution in [3.05, 3.63) is 29.6 Å². The summed E-state index contributed by atoms with van der Waals surface area (Å²) in [7, 11) is -4.34. The number of sulfonamides is 1. The van der Waals surface area contributed by atoms with E-state index in [4.69, 9.17) is 5.73 Å². The predicted octanol–water partition coefficient (Wildman–Crippen LogP) is 1.88. The van der Waals surface area contributed by atoms with Gasteiger partial charge in [-0.1, -0.05) is 6.92 Å². The summed E-state index contributed by atoms with van der Waals surface area (Å²) in [6, 6.07) is 0.564. The number of benzene rings is 1. The molecule has 2 rings (SSSR count). The monoisotopic (exact) mass is 344 g/mol. The van der Waals surface area contributed by atoms with Crippen molar-refractivity contribution in [3.63, 3.8) is 0 Å². The largest absolute Gasteiger partial charge is 0.327 e. The Balaban J connectivity index is 0.00000220. The van der Waals surface area contributed by atoms with Crippen LogP contribution < -0.4 is 5.73 Å². The molecular formula is C12H16ClF3N2O2S. The van der Waals surface area contributed by atoms with Crippen molar-refractivity contribution in [1.82, 2.24) is 4.31 Å². The van der Waals surface area contributed by atoms with Gasteiger partial charge < -0.3 is 5.73 Å². The highest BCUT2D eigenvalue weighted by Crippen LogP contribution is 2.27. The van der Waals surface area contributed by atoms with Gasteiger partial charge in [-0.2, -0.15) is 4.31 Å². The van der Waals surface area contributed by atoms with Crippen molar-refractivity contribution >= 4 is 22.4 Å². The number of nitrogens with two attached hydrogens (primary N) is 1. The molecule has 1 heterocycles. The summed E-state index contributed by atoms with van der Waals surface area (Å²) in [5.74, 6) is -4.13. The molecule has 0 radical (unpaired) electrons. The second-order valence-electron chi connectivity index (χ2n) is 4.99. The molecular weight excluding hydrogens is 329 g/mol. The summed E-state index contributed by atoms with van der Waals surface area (Å²) in [6.45, 7) is 1.94. The van der Waals surface area contributed by atoms with Crippen LogP contribution in [0.25, 0.3) is 0 Å². The van der Waals surface area contributed by atoms with E-state index in [9.17, 15) is 21.6 Å². The van der Waals surface area contributed by atoms with E-state index in [1.54, 1.807) is 6.92 Å². The highest BCUT2D eigenvalue weighted by atomic mass is 35.5. The van der Waals surface area contributed by atoms with Crippen molar-refractivity contribution in [2.75, 3.05) is 13.1 Å². The lowest BCUT2D eigenvalue weighted by atomic mass is 9.96. The molecule has 0 bridgehead atoms. The van der Waals surface area contributed by atoms with Gasteiger partial charge in [0, 0.05) is 31.3 Å². The molecule has 0 amide bonds. The van der Waals surface area contributed by atoms with E-state index in [0.717, 1.165) is 4.31 Å². The number of nitrogens with zero attached hydrogens (tertiary/aromatic N) is 1. The number of hydrogen-bond acceptors (Lipinski definition) is 3. The van der Waals surface area contributed by atoms with Crippen LogP contribution in [0, 0.1) is 23.4 Å². The van der Waals surface area contributed by atoms with Crippen molar-refractivity contribution in [3.8, 4) is 0 Å². The minimum Gasteiger partial charge on any atom is -0.327 e. The van der Waals surface area contributed by atoms with Crippen LogP contribution in [0.4, 0.5) is 13.2 Å². The predicted molar refractivity (Wildman–Crippen MR) is 74.1 cm³/mol. The molecule has 1 aromatic carbocycles. The number of hydrogen-bond donors (Lipinski definition) is 1. The normalized spacial score (nSPS) is 23.7. The molecule has 4 nitrogen and oxygen atoms in total. The summed E-state index contributed by atoms with van der Waals surface area (Å²) in [6.07, 6.45) is 0.408. The zero-order chi connectivity index (χ0) is 15.1. The molecule has 1 aliphatic heterocycles. The second-order valence-corrected chi connectivity index (χ2v) is 6.87. The highest BCUT2D eigenvalue weighted by molar-refractivity contribution is 7.89. The third-order valence-electron chi connectivity index (χ3n) is 3.50. The van der Waals surface area contributed by atoms with E-state index in [2.05, 4.69) is 0 Å². The average Bonchev–Trinajstić information content (AvgIpc) is 2.30. The topological polar surface area (TPSA) is 63.4 Å². The molecule has 1 saturated heterocycles. The maximum Gasteiger partial charge on any atom is 0.248 e. The maximum atomic E-state index is 13.6. The number of piperidine rings is 1. The smallest absolute Gasteiger partial charge is 0.248 e. The van der Waals surface area contributed by atoms with Gasteiger partial charge in [0.1, 0.15) is 17.5 Å². The van der Waals surface area contributed by atoms with Crippen molar-refractivity contribution in [2.45, 2.75) is 24.3 Å². The van der Waals surface area contributed by atoms with Crippen LogP contribution in [0.1, 0.15) is 13.3 Å². The maximum absolute atomic E-state index is 13.6. The van der Waals surface area contributed by atoms with Crippen LogP contribution in [-0.4, -0.2) is 31.9 Å². The first-order chi connectivity index (χ1) is 9.23. The Kier molecular flexibility index (Phi) is 5.65. The molecule has 9 heteroatoms. The lowest BCUT2D eigenvalue weighted by Gasteiger charge is -2.34. The lowest BCUT2D eigenvalue weighted by Crippen LogP contribution is -2.48. The van der Waals surface area contributed by atoms with Gasteiger partial charge >= 0.3 is 0 Å². The first kappa shape index (κ1) is 18.2. The fraction of sp³-hybridized carbons (Fsp3) is 0.500. The Morgan fingerprint density at radius 3 is 2.24 bits per heavy atom. The van der Waals surface area contributed by atoms with Crippen molar-refractivity contribution < 1.29 is 21.6 Å². The van der Waals surface area contributed by atoms with Gasteiger partial charge in [-0.3, -0.25) is 0 Å². The van der Waals surface area contributed by atoms with Crippen LogP contribution in [0.15, 0.2) is 17.0 Å². The summed E-state index contributed by atoms with van der Waals surface area (Å²) in [4.78, 5) is -1.11. The molecule has 2 atom stereocenters. The molecule has 1 aromatic rings. The van der Waals surface area contributed by atoms with E-state index in [0.29, 0.717) is 18.6 Å². The van der Waals surface area contributed by atoms with Gasteiger partial charge in [-0.05, 0) is 12.3 Å². The molecule has 0 saturated carbocycles. The van der Waals surface area contributed by atoms with E-state index < -0.39 is 32.4 Å². The summed E-state index contributed by atoms with van der Waals surface area (Å²) in [5.41, 5.74) is 5.78. The Labute approximate surface area is 127 Å². The third kappa shape index (κ3) is 3.50. The fourth-order valence-electron chi connectivity index (χ4n) is 2.25. The Morgan fingerprint density at radius 2 is 1.76 bits per heavy atom. The fourth-order valence-corrected chi connectivity index (χ4v) is 3.89. The minimum absolute atomic E-state index is 0. The average molecular weight is 345 g/mol. The SMILES string of the molecule is CC1CN(S(=O)(=O)c2c(F)cc(F)cc2F)CCC1N.Cl. The Morgan fingerprint density at radius 1 is 1.24 bits per heavy atom. The third-order valence-corrected chi connectivity index (χ3v) is 5.41. The van der Waals surface area contributed by atoms with Gasteiger partial charge in [-0.25, -0.2) is 21.6 Å². The lowest BCUT2D eigenvalue weighted by molar-refractivity contribution is 0.248. The molecule has 0 aromatic heterocycles. The molecule has 2 N–H and O–H groups in total. The molecule has 1 aliphatic rings. The van der Waals surface area contributed by atoms with Crippen molar-refractivity contribution in [2.24, 2.45) is 11.7 Å². The van der Waals surface area contributed by atoms with Gasteiger partial charge in [0.05, 0.1) is 0 Å². The highest BCUT2D eigenvalue weighted by Gasteiger charge is 2.35. The van der Waals surface area contributed by atoms with Gasteiger partial charge in [0.25, 0.3) is 0 Å². The second kappa shape index (κ2) is 6.51. The Bertz CT molecular complexity index is 604. The van der Waals surface area contributed by atoms with Crippen LogP contribution in [0.5, 0.6) is 0 Å².